The van der Waals surface area contributed by atoms with E-state index in [-0.39, 0.29) is 31.4 Å². The zero-order valence-corrected chi connectivity index (χ0v) is 14.4. The first-order valence-corrected chi connectivity index (χ1v) is 8.37. The summed E-state index contributed by atoms with van der Waals surface area (Å²) in [6.07, 6.45) is 2.43. The van der Waals surface area contributed by atoms with Crippen LogP contribution in [0, 0.1) is 11.6 Å². The summed E-state index contributed by atoms with van der Waals surface area (Å²) in [6, 6.07) is 2.59. The fourth-order valence-electron chi connectivity index (χ4n) is 2.59. The monoisotopic (exact) mass is 368 g/mol. The van der Waals surface area contributed by atoms with Crippen LogP contribution in [0.5, 0.6) is 0 Å². The molecule has 1 heterocycles. The first-order valence-electron chi connectivity index (χ1n) is 8.37. The number of halogens is 2. The fourth-order valence-corrected chi connectivity index (χ4v) is 2.59. The summed E-state index contributed by atoms with van der Waals surface area (Å²) in [6.45, 7) is 1.40. The lowest BCUT2D eigenvalue weighted by Crippen LogP contribution is -2.48. The van der Waals surface area contributed by atoms with Gasteiger partial charge in [0.25, 0.3) is 0 Å². The van der Waals surface area contributed by atoms with E-state index in [2.05, 4.69) is 10.6 Å². The van der Waals surface area contributed by atoms with E-state index in [1.807, 2.05) is 0 Å². The number of nitrogens with one attached hydrogen (secondary N) is 2. The molecule has 0 bridgehead atoms. The van der Waals surface area contributed by atoms with Gasteiger partial charge in [0.05, 0.1) is 25.2 Å². The van der Waals surface area contributed by atoms with Gasteiger partial charge in [-0.2, -0.15) is 0 Å². The van der Waals surface area contributed by atoms with Gasteiger partial charge in [-0.1, -0.05) is 19.1 Å². The molecule has 3 atom stereocenters. The molecule has 0 spiro atoms. The van der Waals surface area contributed by atoms with Gasteiger partial charge in [0.2, 0.25) is 11.8 Å². The quantitative estimate of drug-likeness (QED) is 0.631. The van der Waals surface area contributed by atoms with Gasteiger partial charge in [0.1, 0.15) is 17.7 Å². The predicted molar refractivity (Wildman–Crippen MR) is 89.9 cm³/mol. The lowest BCUT2D eigenvalue weighted by molar-refractivity contribution is -0.128. The van der Waals surface area contributed by atoms with Gasteiger partial charge in [0.15, 0.2) is 0 Å². The third kappa shape index (κ3) is 5.89. The van der Waals surface area contributed by atoms with Crippen LogP contribution in [-0.4, -0.2) is 41.8 Å². The Morgan fingerprint density at radius 1 is 1.15 bits per heavy atom. The van der Waals surface area contributed by atoms with Gasteiger partial charge in [-0.05, 0) is 17.7 Å². The maximum absolute atomic E-state index is 13.1. The smallest absolute Gasteiger partial charge is 0.223 e. The third-order valence-corrected chi connectivity index (χ3v) is 3.91. The number of rotatable bonds is 7. The summed E-state index contributed by atoms with van der Waals surface area (Å²) in [4.78, 5) is 23.5. The Morgan fingerprint density at radius 2 is 1.85 bits per heavy atom. The van der Waals surface area contributed by atoms with Crippen LogP contribution in [-0.2, 0) is 20.9 Å². The number of amides is 2. The van der Waals surface area contributed by atoms with Crippen molar-refractivity contribution in [2.24, 2.45) is 0 Å². The van der Waals surface area contributed by atoms with Crippen LogP contribution in [0.3, 0.4) is 0 Å². The second-order valence-electron chi connectivity index (χ2n) is 5.99. The zero-order valence-electron chi connectivity index (χ0n) is 14.4. The van der Waals surface area contributed by atoms with Gasteiger partial charge in [0, 0.05) is 19.0 Å². The number of carbonyl (C=O) groups is 2. The van der Waals surface area contributed by atoms with Crippen molar-refractivity contribution in [3.8, 4) is 0 Å². The molecule has 1 aliphatic heterocycles. The average Bonchev–Trinajstić information content (AvgIpc) is 2.60. The van der Waals surface area contributed by atoms with Crippen molar-refractivity contribution in [2.45, 2.75) is 44.6 Å². The van der Waals surface area contributed by atoms with E-state index in [0.717, 1.165) is 18.2 Å². The molecule has 0 unspecified atom stereocenters. The normalized spacial score (nSPS) is 22.1. The molecule has 142 valence electrons. The van der Waals surface area contributed by atoms with Gasteiger partial charge in [-0.25, -0.2) is 8.78 Å². The Hall–Kier alpha value is -2.32. The topological polar surface area (TPSA) is 87.7 Å². The number of aliphatic hydroxyl groups is 1. The molecular formula is C18H22F2N2O4. The molecule has 26 heavy (non-hydrogen) atoms. The molecule has 1 aromatic carbocycles. The van der Waals surface area contributed by atoms with Crippen molar-refractivity contribution in [1.82, 2.24) is 10.6 Å². The molecular weight excluding hydrogens is 346 g/mol. The van der Waals surface area contributed by atoms with Crippen LogP contribution in [0.25, 0.3) is 0 Å². The van der Waals surface area contributed by atoms with E-state index in [1.165, 1.54) is 0 Å². The highest BCUT2D eigenvalue weighted by Crippen LogP contribution is 2.16. The van der Waals surface area contributed by atoms with Gasteiger partial charge >= 0.3 is 0 Å². The van der Waals surface area contributed by atoms with E-state index in [0.29, 0.717) is 12.0 Å². The largest absolute Gasteiger partial charge is 0.394 e. The molecule has 6 nitrogen and oxygen atoms in total. The molecule has 3 N–H and O–H groups in total. The third-order valence-electron chi connectivity index (χ3n) is 3.91. The molecule has 2 rings (SSSR count). The van der Waals surface area contributed by atoms with Crippen LogP contribution >= 0.6 is 0 Å². The highest BCUT2D eigenvalue weighted by molar-refractivity contribution is 5.77. The summed E-state index contributed by atoms with van der Waals surface area (Å²) in [7, 11) is 0. The van der Waals surface area contributed by atoms with Gasteiger partial charge in [-0.15, -0.1) is 0 Å². The second-order valence-corrected chi connectivity index (χ2v) is 5.99. The minimum absolute atomic E-state index is 0.0114. The van der Waals surface area contributed by atoms with Crippen molar-refractivity contribution in [2.75, 3.05) is 6.61 Å². The van der Waals surface area contributed by atoms with Crippen molar-refractivity contribution < 1.29 is 28.2 Å². The molecule has 8 heteroatoms. The summed E-state index contributed by atoms with van der Waals surface area (Å²) in [5.41, 5.74) is 0.312. The number of hydrogen-bond donors (Lipinski definition) is 3. The highest BCUT2D eigenvalue weighted by Gasteiger charge is 2.28. The van der Waals surface area contributed by atoms with E-state index >= 15 is 0 Å². The van der Waals surface area contributed by atoms with E-state index in [9.17, 15) is 23.5 Å². The maximum atomic E-state index is 13.1. The molecule has 0 radical (unpaired) electrons. The summed E-state index contributed by atoms with van der Waals surface area (Å²) < 4.78 is 31.9. The highest BCUT2D eigenvalue weighted by atomic mass is 19.1. The summed E-state index contributed by atoms with van der Waals surface area (Å²) in [5.74, 6) is -1.95. The van der Waals surface area contributed by atoms with Crippen LogP contribution in [0.15, 0.2) is 30.4 Å². The molecule has 0 aromatic heterocycles. The average molecular weight is 368 g/mol. The van der Waals surface area contributed by atoms with E-state index < -0.39 is 29.9 Å². The van der Waals surface area contributed by atoms with Crippen molar-refractivity contribution in [3.05, 3.63) is 47.5 Å². The molecule has 0 saturated carbocycles. The SMILES string of the molecule is CCC(=O)N[C@H]1C=C[C@H](CC(=O)NCc2cc(F)cc(F)c2)O[C@H]1CO. The maximum Gasteiger partial charge on any atom is 0.223 e. The zero-order chi connectivity index (χ0) is 19.1. The Kier molecular flexibility index (Phi) is 7.23. The van der Waals surface area contributed by atoms with Gasteiger partial charge < -0.3 is 20.5 Å². The lowest BCUT2D eigenvalue weighted by Gasteiger charge is -2.31. The van der Waals surface area contributed by atoms with Crippen LogP contribution in [0.4, 0.5) is 8.78 Å². The molecule has 1 aromatic rings. The lowest BCUT2D eigenvalue weighted by atomic mass is 10.0. The summed E-state index contributed by atoms with van der Waals surface area (Å²) in [5, 5.41) is 14.7. The predicted octanol–water partition coefficient (Wildman–Crippen LogP) is 1.18. The number of hydrogen-bond acceptors (Lipinski definition) is 4. The second kappa shape index (κ2) is 9.40. The van der Waals surface area contributed by atoms with Crippen molar-refractivity contribution in [1.29, 1.82) is 0 Å². The van der Waals surface area contributed by atoms with Crippen LogP contribution in [0.2, 0.25) is 0 Å². The Bertz CT molecular complexity index is 661. The first kappa shape index (κ1) is 20.0. The number of carbonyl (C=O) groups excluding carboxylic acids is 2. The molecule has 1 aliphatic rings. The first-order chi connectivity index (χ1) is 12.4. The van der Waals surface area contributed by atoms with Crippen LogP contribution < -0.4 is 10.6 Å². The number of ether oxygens (including phenoxy) is 1. The van der Waals surface area contributed by atoms with Crippen molar-refractivity contribution in [3.63, 3.8) is 0 Å². The summed E-state index contributed by atoms with van der Waals surface area (Å²) >= 11 is 0. The molecule has 0 aliphatic carbocycles. The Labute approximate surface area is 150 Å². The molecule has 0 fully saturated rings. The molecule has 0 saturated heterocycles. The Morgan fingerprint density at radius 3 is 2.46 bits per heavy atom. The minimum Gasteiger partial charge on any atom is -0.394 e. The number of aliphatic hydroxyl groups excluding tert-OH is 1. The minimum atomic E-state index is -0.709. The van der Waals surface area contributed by atoms with Crippen LogP contribution in [0.1, 0.15) is 25.3 Å². The van der Waals surface area contributed by atoms with E-state index in [1.54, 1.807) is 19.1 Å². The van der Waals surface area contributed by atoms with Crippen molar-refractivity contribution >= 4 is 11.8 Å². The molecule has 2 amide bonds. The number of benzene rings is 1. The Balaban J connectivity index is 1.86. The van der Waals surface area contributed by atoms with E-state index in [4.69, 9.17) is 4.74 Å². The standard InChI is InChI=1S/C18H22F2N2O4/c1-2-17(24)22-15-4-3-14(26-16(15)10-23)8-18(25)21-9-11-5-12(19)7-13(20)6-11/h3-7,14-16,23H,2,8-10H2,1H3,(H,21,25)(H,22,24)/t14-,15+,16+/m1/s1. The van der Waals surface area contributed by atoms with Gasteiger partial charge in [-0.3, -0.25) is 9.59 Å². The fraction of sp³-hybridized carbons (Fsp3) is 0.444.